The lowest BCUT2D eigenvalue weighted by Gasteiger charge is -2.11. The lowest BCUT2D eigenvalue weighted by Crippen LogP contribution is -2.17. The van der Waals surface area contributed by atoms with Gasteiger partial charge in [-0.2, -0.15) is 0 Å². The first-order valence-corrected chi connectivity index (χ1v) is 7.32. The standard InChI is InChI=1S/C10H12ClNO3S/c11-5-8-1-2-9(6-12-8)15-10-3-4-16(13,14)7-10/h1-2,6,10H,3-5,7H2. The highest BCUT2D eigenvalue weighted by Gasteiger charge is 2.29. The van der Waals surface area contributed by atoms with Crippen LogP contribution in [0.2, 0.25) is 0 Å². The SMILES string of the molecule is O=S1(=O)CCC(Oc2ccc(CCl)nc2)C1. The van der Waals surface area contributed by atoms with Crippen molar-refractivity contribution in [2.24, 2.45) is 0 Å². The normalized spacial score (nSPS) is 23.2. The fraction of sp³-hybridized carbons (Fsp3) is 0.500. The van der Waals surface area contributed by atoms with E-state index in [1.54, 1.807) is 18.3 Å². The number of sulfone groups is 1. The van der Waals surface area contributed by atoms with Gasteiger partial charge in [0.25, 0.3) is 0 Å². The molecule has 0 saturated carbocycles. The molecule has 0 aliphatic carbocycles. The van der Waals surface area contributed by atoms with Crippen molar-refractivity contribution in [2.45, 2.75) is 18.4 Å². The Balaban J connectivity index is 1.99. The van der Waals surface area contributed by atoms with E-state index in [1.165, 1.54) is 0 Å². The van der Waals surface area contributed by atoms with Gasteiger partial charge in [-0.3, -0.25) is 4.98 Å². The topological polar surface area (TPSA) is 56.3 Å². The molecule has 1 unspecified atom stereocenters. The second-order valence-electron chi connectivity index (χ2n) is 3.76. The lowest BCUT2D eigenvalue weighted by atomic mass is 10.3. The Hall–Kier alpha value is -0.810. The van der Waals surface area contributed by atoms with E-state index in [0.717, 1.165) is 5.69 Å². The van der Waals surface area contributed by atoms with Crippen LogP contribution in [0.15, 0.2) is 18.3 Å². The molecule has 0 bridgehead atoms. The number of hydrogen-bond donors (Lipinski definition) is 0. The van der Waals surface area contributed by atoms with Gasteiger partial charge in [0.05, 0.1) is 29.3 Å². The number of alkyl halides is 1. The Bertz CT molecular complexity index is 457. The number of pyridine rings is 1. The number of halogens is 1. The van der Waals surface area contributed by atoms with Crippen LogP contribution in [0.5, 0.6) is 5.75 Å². The molecule has 2 heterocycles. The van der Waals surface area contributed by atoms with Gasteiger partial charge in [0.2, 0.25) is 0 Å². The number of ether oxygens (including phenoxy) is 1. The Morgan fingerprint density at radius 2 is 2.31 bits per heavy atom. The van der Waals surface area contributed by atoms with E-state index in [2.05, 4.69) is 4.98 Å². The van der Waals surface area contributed by atoms with Gasteiger partial charge in [0.15, 0.2) is 9.84 Å². The number of hydrogen-bond acceptors (Lipinski definition) is 4. The van der Waals surface area contributed by atoms with E-state index >= 15 is 0 Å². The van der Waals surface area contributed by atoms with Crippen LogP contribution in [0.1, 0.15) is 12.1 Å². The van der Waals surface area contributed by atoms with Crippen molar-refractivity contribution < 1.29 is 13.2 Å². The summed E-state index contributed by atoms with van der Waals surface area (Å²) in [6.07, 6.45) is 1.89. The highest BCUT2D eigenvalue weighted by molar-refractivity contribution is 7.91. The van der Waals surface area contributed by atoms with Gasteiger partial charge in [-0.15, -0.1) is 11.6 Å². The van der Waals surface area contributed by atoms with Gasteiger partial charge >= 0.3 is 0 Å². The third-order valence-corrected chi connectivity index (χ3v) is 4.44. The maximum atomic E-state index is 11.2. The summed E-state index contributed by atoms with van der Waals surface area (Å²) >= 11 is 5.60. The monoisotopic (exact) mass is 261 g/mol. The summed E-state index contributed by atoms with van der Waals surface area (Å²) in [6, 6.07) is 3.53. The molecule has 0 amide bonds. The first-order valence-electron chi connectivity index (χ1n) is 4.97. The van der Waals surface area contributed by atoms with Gasteiger partial charge in [-0.25, -0.2) is 8.42 Å². The molecular weight excluding hydrogens is 250 g/mol. The summed E-state index contributed by atoms with van der Waals surface area (Å²) in [6.45, 7) is 0. The summed E-state index contributed by atoms with van der Waals surface area (Å²) in [5.41, 5.74) is 0.771. The van der Waals surface area contributed by atoms with Gasteiger partial charge < -0.3 is 4.74 Å². The molecule has 0 aromatic carbocycles. The summed E-state index contributed by atoms with van der Waals surface area (Å²) in [5.74, 6) is 1.27. The zero-order valence-corrected chi connectivity index (χ0v) is 10.2. The molecule has 1 atom stereocenters. The fourth-order valence-electron chi connectivity index (χ4n) is 1.61. The van der Waals surface area contributed by atoms with Crippen molar-refractivity contribution in [2.75, 3.05) is 11.5 Å². The third kappa shape index (κ3) is 2.86. The van der Waals surface area contributed by atoms with Gasteiger partial charge in [-0.1, -0.05) is 0 Å². The largest absolute Gasteiger partial charge is 0.488 e. The second kappa shape index (κ2) is 4.59. The molecule has 0 radical (unpaired) electrons. The Morgan fingerprint density at radius 1 is 1.50 bits per heavy atom. The van der Waals surface area contributed by atoms with E-state index in [0.29, 0.717) is 18.1 Å². The van der Waals surface area contributed by atoms with E-state index in [9.17, 15) is 8.42 Å². The first kappa shape index (κ1) is 11.7. The highest BCUT2D eigenvalue weighted by atomic mass is 35.5. The van der Waals surface area contributed by atoms with Crippen LogP contribution >= 0.6 is 11.6 Å². The van der Waals surface area contributed by atoms with E-state index < -0.39 is 9.84 Å². The van der Waals surface area contributed by atoms with Crippen LogP contribution in [-0.2, 0) is 15.7 Å². The average Bonchev–Trinajstić information content (AvgIpc) is 2.59. The van der Waals surface area contributed by atoms with Crippen LogP contribution in [0.3, 0.4) is 0 Å². The maximum absolute atomic E-state index is 11.2. The smallest absolute Gasteiger partial charge is 0.154 e. The zero-order valence-electron chi connectivity index (χ0n) is 8.60. The minimum absolute atomic E-state index is 0.101. The maximum Gasteiger partial charge on any atom is 0.154 e. The van der Waals surface area contributed by atoms with Crippen LogP contribution < -0.4 is 4.74 Å². The molecule has 1 aromatic rings. The van der Waals surface area contributed by atoms with Gasteiger partial charge in [0.1, 0.15) is 11.9 Å². The quantitative estimate of drug-likeness (QED) is 0.772. The molecule has 1 aliphatic heterocycles. The molecule has 4 nitrogen and oxygen atoms in total. The van der Waals surface area contributed by atoms with Crippen LogP contribution in [0.4, 0.5) is 0 Å². The first-order chi connectivity index (χ1) is 7.59. The molecule has 88 valence electrons. The van der Waals surface area contributed by atoms with Crippen molar-refractivity contribution in [3.8, 4) is 5.75 Å². The second-order valence-corrected chi connectivity index (χ2v) is 6.26. The summed E-state index contributed by atoms with van der Waals surface area (Å²) in [4.78, 5) is 4.07. The minimum Gasteiger partial charge on any atom is -0.488 e. The van der Waals surface area contributed by atoms with Crippen molar-refractivity contribution in [1.82, 2.24) is 4.98 Å². The zero-order chi connectivity index (χ0) is 11.6. The molecule has 1 aliphatic rings. The van der Waals surface area contributed by atoms with Crippen molar-refractivity contribution >= 4 is 21.4 Å². The predicted octanol–water partition coefficient (Wildman–Crippen LogP) is 1.39. The van der Waals surface area contributed by atoms with Crippen LogP contribution in [-0.4, -0.2) is 31.0 Å². The highest BCUT2D eigenvalue weighted by Crippen LogP contribution is 2.19. The summed E-state index contributed by atoms with van der Waals surface area (Å²) in [5, 5.41) is 0. The Labute approximate surface area is 99.5 Å². The van der Waals surface area contributed by atoms with Crippen molar-refractivity contribution in [1.29, 1.82) is 0 Å². The molecule has 0 N–H and O–H groups in total. The summed E-state index contributed by atoms with van der Waals surface area (Å²) < 4.78 is 28.0. The number of rotatable bonds is 3. The molecule has 6 heteroatoms. The molecule has 0 spiro atoms. The Kier molecular flexibility index (Phi) is 3.35. The fourth-order valence-corrected chi connectivity index (χ4v) is 3.35. The average molecular weight is 262 g/mol. The van der Waals surface area contributed by atoms with E-state index in [1.807, 2.05) is 0 Å². The number of nitrogens with zero attached hydrogens (tertiary/aromatic N) is 1. The molecule has 1 saturated heterocycles. The Morgan fingerprint density at radius 3 is 2.81 bits per heavy atom. The van der Waals surface area contributed by atoms with E-state index in [-0.39, 0.29) is 17.6 Å². The van der Waals surface area contributed by atoms with E-state index in [4.69, 9.17) is 16.3 Å². The number of aromatic nitrogens is 1. The lowest BCUT2D eigenvalue weighted by molar-refractivity contribution is 0.228. The summed E-state index contributed by atoms with van der Waals surface area (Å²) in [7, 11) is -2.89. The van der Waals surface area contributed by atoms with Gasteiger partial charge in [0, 0.05) is 0 Å². The minimum atomic E-state index is -2.89. The molecule has 1 aromatic heterocycles. The molecule has 2 rings (SSSR count). The predicted molar refractivity (Wildman–Crippen MR) is 61.5 cm³/mol. The van der Waals surface area contributed by atoms with Crippen LogP contribution in [0.25, 0.3) is 0 Å². The molecule has 16 heavy (non-hydrogen) atoms. The van der Waals surface area contributed by atoms with Crippen LogP contribution in [0, 0.1) is 0 Å². The van der Waals surface area contributed by atoms with Gasteiger partial charge in [-0.05, 0) is 18.6 Å². The molecule has 1 fully saturated rings. The van der Waals surface area contributed by atoms with Crippen molar-refractivity contribution in [3.05, 3.63) is 24.0 Å². The van der Waals surface area contributed by atoms with Crippen molar-refractivity contribution in [3.63, 3.8) is 0 Å². The molecular formula is C10H12ClNO3S. The third-order valence-electron chi connectivity index (χ3n) is 2.43.